The summed E-state index contributed by atoms with van der Waals surface area (Å²) in [5.41, 5.74) is -0.196. The second-order valence-electron chi connectivity index (χ2n) is 10.0. The van der Waals surface area contributed by atoms with Gasteiger partial charge in [0.15, 0.2) is 0 Å². The minimum Gasteiger partial charge on any atom is -0.373 e. The quantitative estimate of drug-likeness (QED) is 0.249. The Morgan fingerprint density at radius 2 is 1.85 bits per heavy atom. The number of nitrogens with one attached hydrogen (secondary N) is 1. The number of aldehydes is 1. The van der Waals surface area contributed by atoms with Crippen LogP contribution in [0.4, 0.5) is 19.0 Å². The number of aromatic nitrogens is 1. The Bertz CT molecular complexity index is 1130. The Morgan fingerprint density at radius 3 is 2.33 bits per heavy atom. The third kappa shape index (κ3) is 9.98. The lowest BCUT2D eigenvalue weighted by molar-refractivity contribution is -0.192. The highest BCUT2D eigenvalue weighted by Gasteiger charge is 2.63. The molecular weight excluding hydrogens is 519 g/mol. The number of anilines is 1. The predicted octanol–water partition coefficient (Wildman–Crippen LogP) is 6.84. The molecule has 0 atom stereocenters. The van der Waals surface area contributed by atoms with Gasteiger partial charge in [0.1, 0.15) is 12.1 Å². The van der Waals surface area contributed by atoms with Crippen LogP contribution in [0.1, 0.15) is 66.2 Å². The van der Waals surface area contributed by atoms with Crippen molar-refractivity contribution in [3.63, 3.8) is 0 Å². The Labute approximate surface area is 236 Å². The summed E-state index contributed by atoms with van der Waals surface area (Å²) >= 11 is 1.77. The topological polar surface area (TPSA) is 45.2 Å². The van der Waals surface area contributed by atoms with E-state index in [1.165, 1.54) is 20.9 Å². The second kappa shape index (κ2) is 16.1. The minimum absolute atomic E-state index is 0.0530. The van der Waals surface area contributed by atoms with E-state index in [-0.39, 0.29) is 25.3 Å². The number of nitrogens with zero attached hydrogens (tertiary/aromatic N) is 2. The van der Waals surface area contributed by atoms with Crippen molar-refractivity contribution in [2.75, 3.05) is 32.0 Å². The van der Waals surface area contributed by atoms with Crippen molar-refractivity contribution in [2.45, 2.75) is 72.4 Å². The van der Waals surface area contributed by atoms with Gasteiger partial charge in [0.05, 0.1) is 5.41 Å². The Morgan fingerprint density at radius 1 is 1.15 bits per heavy atom. The van der Waals surface area contributed by atoms with Gasteiger partial charge in [0.2, 0.25) is 0 Å². The molecule has 0 bridgehead atoms. The number of rotatable bonds is 10. The van der Waals surface area contributed by atoms with Crippen molar-refractivity contribution in [3.8, 4) is 0 Å². The van der Waals surface area contributed by atoms with Gasteiger partial charge in [-0.25, -0.2) is 4.98 Å². The first-order chi connectivity index (χ1) is 18.7. The van der Waals surface area contributed by atoms with Gasteiger partial charge in [-0.2, -0.15) is 13.2 Å². The number of hydrogen-bond acceptors (Lipinski definition) is 5. The molecule has 1 N–H and O–H groups in total. The van der Waals surface area contributed by atoms with Crippen LogP contribution in [0.5, 0.6) is 0 Å². The van der Waals surface area contributed by atoms with Crippen molar-refractivity contribution >= 4 is 36.0 Å². The molecule has 1 saturated carbocycles. The highest BCUT2D eigenvalue weighted by Crippen LogP contribution is 2.58. The number of allylic oxidation sites excluding steroid dienone is 4. The first kappa shape index (κ1) is 32.9. The molecule has 1 aromatic heterocycles. The van der Waals surface area contributed by atoms with E-state index >= 15 is 0 Å². The molecule has 2 heterocycles. The molecule has 2 aliphatic rings. The van der Waals surface area contributed by atoms with Crippen LogP contribution in [0.3, 0.4) is 0 Å². The number of pyridine rings is 1. The number of hydrogen-bond donors (Lipinski definition) is 1. The maximum atomic E-state index is 12.7. The standard InChI is InChI=1S/C20H28N2S.C11H16F3NO/c1-6-10-12-23-19(9-4)16(8-3)13-18-14-20(21-5)22-15-17(18)11-7-2;12-11(13,14)10(3-4-10)8-15-5-1-9(7-16)2-6-15/h8-15,21H,6-7H2,1-5H3;7,9H,1-6,8H2/b12-10+,16-8+,17-11+,18-13-,19-9-;. The summed E-state index contributed by atoms with van der Waals surface area (Å²) in [5, 5.41) is 7.65. The highest BCUT2D eigenvalue weighted by atomic mass is 32.2. The molecule has 1 aliphatic carbocycles. The molecule has 1 aliphatic heterocycles. The number of carbonyl (C=O) groups excluding carboxylic acids is 1. The monoisotopic (exact) mass is 563 g/mol. The maximum absolute atomic E-state index is 12.7. The van der Waals surface area contributed by atoms with Crippen LogP contribution in [0.25, 0.3) is 12.2 Å². The van der Waals surface area contributed by atoms with E-state index in [1.807, 2.05) is 18.1 Å². The van der Waals surface area contributed by atoms with Crippen LogP contribution in [-0.2, 0) is 4.79 Å². The number of piperidine rings is 1. The molecule has 39 heavy (non-hydrogen) atoms. The zero-order chi connectivity index (χ0) is 28.9. The number of carbonyl (C=O) groups is 1. The highest BCUT2D eigenvalue weighted by molar-refractivity contribution is 8.06. The van der Waals surface area contributed by atoms with E-state index in [0.29, 0.717) is 25.9 Å². The van der Waals surface area contributed by atoms with E-state index in [1.54, 1.807) is 11.8 Å². The molecule has 1 saturated heterocycles. The van der Waals surface area contributed by atoms with Crippen LogP contribution in [0, 0.1) is 11.3 Å². The third-order valence-corrected chi connectivity index (χ3v) is 8.20. The first-order valence-corrected chi connectivity index (χ1v) is 14.8. The Balaban J connectivity index is 0.000000290. The van der Waals surface area contributed by atoms with E-state index < -0.39 is 11.6 Å². The average molecular weight is 564 g/mol. The van der Waals surface area contributed by atoms with E-state index in [9.17, 15) is 18.0 Å². The average Bonchev–Trinajstić information content (AvgIpc) is 3.73. The molecule has 216 valence electrons. The zero-order valence-electron chi connectivity index (χ0n) is 24.0. The molecule has 1 aromatic rings. The molecule has 0 spiro atoms. The summed E-state index contributed by atoms with van der Waals surface area (Å²) in [6, 6.07) is 2.10. The normalized spacial score (nSPS) is 19.7. The smallest absolute Gasteiger partial charge is 0.373 e. The van der Waals surface area contributed by atoms with E-state index in [4.69, 9.17) is 0 Å². The van der Waals surface area contributed by atoms with E-state index in [0.717, 1.165) is 24.9 Å². The lowest BCUT2D eigenvalue weighted by Crippen LogP contribution is -2.42. The fourth-order valence-corrected chi connectivity index (χ4v) is 5.36. The second-order valence-corrected chi connectivity index (χ2v) is 11.0. The number of thioether (sulfide) groups is 1. The van der Waals surface area contributed by atoms with Crippen LogP contribution >= 0.6 is 11.8 Å². The van der Waals surface area contributed by atoms with Gasteiger partial charge in [-0.1, -0.05) is 49.9 Å². The largest absolute Gasteiger partial charge is 0.395 e. The van der Waals surface area contributed by atoms with Crippen molar-refractivity contribution in [2.24, 2.45) is 11.3 Å². The zero-order valence-corrected chi connectivity index (χ0v) is 24.8. The molecule has 8 heteroatoms. The predicted molar refractivity (Wildman–Crippen MR) is 160 cm³/mol. The number of halogens is 3. The van der Waals surface area contributed by atoms with Gasteiger partial charge >= 0.3 is 6.18 Å². The van der Waals surface area contributed by atoms with Crippen molar-refractivity contribution in [1.82, 2.24) is 9.88 Å². The third-order valence-electron chi connectivity index (χ3n) is 7.15. The molecule has 0 unspecified atom stereocenters. The molecule has 0 radical (unpaired) electrons. The fraction of sp³-hybridized carbons (Fsp3) is 0.548. The summed E-state index contributed by atoms with van der Waals surface area (Å²) < 4.78 is 38.1. The van der Waals surface area contributed by atoms with Crippen LogP contribution in [-0.4, -0.2) is 49.0 Å². The molecule has 0 amide bonds. The van der Waals surface area contributed by atoms with Crippen LogP contribution in [0.15, 0.2) is 46.4 Å². The maximum Gasteiger partial charge on any atom is 0.395 e. The summed E-state index contributed by atoms with van der Waals surface area (Å²) in [7, 11) is 1.90. The lowest BCUT2D eigenvalue weighted by atomic mass is 9.96. The summed E-state index contributed by atoms with van der Waals surface area (Å²) in [5.74, 6) is 0.942. The van der Waals surface area contributed by atoms with Gasteiger partial charge in [0.25, 0.3) is 0 Å². The van der Waals surface area contributed by atoms with Gasteiger partial charge < -0.3 is 15.0 Å². The summed E-state index contributed by atoms with van der Waals surface area (Å²) in [6.45, 7) is 9.85. The number of likely N-dealkylation sites (tertiary alicyclic amines) is 1. The van der Waals surface area contributed by atoms with Gasteiger partial charge in [-0.3, -0.25) is 0 Å². The summed E-state index contributed by atoms with van der Waals surface area (Å²) in [4.78, 5) is 18.1. The molecule has 2 fully saturated rings. The number of alkyl halides is 3. The van der Waals surface area contributed by atoms with Crippen molar-refractivity contribution in [3.05, 3.63) is 56.8 Å². The summed E-state index contributed by atoms with van der Waals surface area (Å²) in [6.07, 6.45) is 13.8. The molecule has 3 rings (SSSR count). The van der Waals surface area contributed by atoms with Crippen LogP contribution in [0.2, 0.25) is 0 Å². The van der Waals surface area contributed by atoms with Gasteiger partial charge in [-0.05, 0) is 99.0 Å². The van der Waals surface area contributed by atoms with Gasteiger partial charge in [0, 0.05) is 30.6 Å². The molecule has 4 nitrogen and oxygen atoms in total. The van der Waals surface area contributed by atoms with Crippen molar-refractivity contribution < 1.29 is 18.0 Å². The van der Waals surface area contributed by atoms with Gasteiger partial charge in [-0.15, -0.1) is 0 Å². The fourth-order valence-electron chi connectivity index (χ4n) is 4.48. The first-order valence-electron chi connectivity index (χ1n) is 13.9. The molecule has 0 aromatic carbocycles. The Hall–Kier alpha value is -2.32. The SMILES string of the molecule is C/C=C(S/C=C/CC)/C(/C=c1/cc(NC)nc/c1=C\CC)=C/C.O=CC1CCN(CC2(C(F)(F)F)CC2)CC1. The Kier molecular flexibility index (Phi) is 13.5. The van der Waals surface area contributed by atoms with Crippen molar-refractivity contribution in [1.29, 1.82) is 0 Å². The van der Waals surface area contributed by atoms with Crippen LogP contribution < -0.4 is 15.8 Å². The minimum atomic E-state index is -4.06. The van der Waals surface area contributed by atoms with E-state index in [2.05, 4.69) is 79.9 Å². The lowest BCUT2D eigenvalue weighted by Gasteiger charge is -2.33. The molecular formula is C31H44F3N3OS.